The lowest BCUT2D eigenvalue weighted by atomic mass is 10.1. The van der Waals surface area contributed by atoms with Gasteiger partial charge < -0.3 is 20.1 Å². The lowest BCUT2D eigenvalue weighted by Crippen LogP contribution is -2.38. The van der Waals surface area contributed by atoms with Crippen molar-refractivity contribution in [3.8, 4) is 11.5 Å². The number of hydrogen-bond acceptors (Lipinski definition) is 8. The third-order valence-corrected chi connectivity index (χ3v) is 4.12. The largest absolute Gasteiger partial charge is 0.490 e. The fraction of sp³-hybridized carbons (Fsp3) is 0.471. The molecule has 1 amide bonds. The Bertz CT molecular complexity index is 800. The molecule has 2 N–H and O–H groups in total. The van der Waals surface area contributed by atoms with Crippen LogP contribution in [0.2, 0.25) is 0 Å². The van der Waals surface area contributed by atoms with Crippen LogP contribution in [0.25, 0.3) is 0 Å². The van der Waals surface area contributed by atoms with E-state index in [1.807, 2.05) is 11.8 Å². The number of hydrogen-bond donors (Lipinski definition) is 1. The highest BCUT2D eigenvalue weighted by Gasteiger charge is 2.17. The van der Waals surface area contributed by atoms with Crippen molar-refractivity contribution in [1.82, 2.24) is 25.2 Å². The van der Waals surface area contributed by atoms with E-state index in [-0.39, 0.29) is 18.5 Å². The van der Waals surface area contributed by atoms with E-state index >= 15 is 0 Å². The summed E-state index contributed by atoms with van der Waals surface area (Å²) in [5.74, 6) is 1.14. The van der Waals surface area contributed by atoms with Gasteiger partial charge in [-0.25, -0.2) is 0 Å². The van der Waals surface area contributed by atoms with Crippen molar-refractivity contribution in [2.75, 3.05) is 32.0 Å². The molecule has 3 rings (SSSR count). The molecule has 0 atom stereocenters. The number of carbonyl (C=O) groups excluding carboxylic acids is 1. The van der Waals surface area contributed by atoms with Crippen molar-refractivity contribution in [2.24, 2.45) is 5.10 Å². The van der Waals surface area contributed by atoms with Crippen molar-refractivity contribution >= 4 is 18.1 Å². The average Bonchev–Trinajstić information content (AvgIpc) is 3.11. The Labute approximate surface area is 156 Å². The lowest BCUT2D eigenvalue weighted by molar-refractivity contribution is -0.134. The molecule has 0 aliphatic carbocycles. The van der Waals surface area contributed by atoms with Crippen LogP contribution in [0.5, 0.6) is 11.5 Å². The van der Waals surface area contributed by atoms with Crippen LogP contribution in [0, 0.1) is 0 Å². The normalized spacial score (nSPS) is 14.5. The maximum absolute atomic E-state index is 12.3. The Balaban J connectivity index is 1.66. The molecule has 10 nitrogen and oxygen atoms in total. The number of amides is 1. The van der Waals surface area contributed by atoms with Crippen molar-refractivity contribution in [3.63, 3.8) is 0 Å². The fourth-order valence-electron chi connectivity index (χ4n) is 2.76. The van der Waals surface area contributed by atoms with E-state index < -0.39 is 0 Å². The molecule has 0 saturated carbocycles. The number of carbonyl (C=O) groups is 1. The Hall–Kier alpha value is -3.17. The summed E-state index contributed by atoms with van der Waals surface area (Å²) in [6, 6.07) is 5.32. The second-order valence-electron chi connectivity index (χ2n) is 6.04. The number of piperidine rings is 1. The molecule has 1 aliphatic rings. The molecule has 1 fully saturated rings. The van der Waals surface area contributed by atoms with E-state index in [0.29, 0.717) is 18.1 Å². The van der Waals surface area contributed by atoms with Gasteiger partial charge >= 0.3 is 0 Å². The number of nitrogens with zero attached hydrogens (tertiary/aromatic N) is 6. The molecule has 2 aromatic rings. The minimum Gasteiger partial charge on any atom is -0.490 e. The molecule has 27 heavy (non-hydrogen) atoms. The van der Waals surface area contributed by atoms with E-state index in [9.17, 15) is 4.79 Å². The number of anilines is 1. The zero-order valence-corrected chi connectivity index (χ0v) is 15.2. The van der Waals surface area contributed by atoms with Gasteiger partial charge in [0, 0.05) is 13.1 Å². The quantitative estimate of drug-likeness (QED) is 0.717. The van der Waals surface area contributed by atoms with Crippen molar-refractivity contribution in [2.45, 2.75) is 26.2 Å². The number of ether oxygens (including phenoxy) is 2. The van der Waals surface area contributed by atoms with Crippen molar-refractivity contribution < 1.29 is 14.3 Å². The fourth-order valence-corrected chi connectivity index (χ4v) is 2.76. The number of likely N-dealkylation sites (tertiary alicyclic amines) is 1. The molecule has 1 aromatic heterocycles. The first-order chi connectivity index (χ1) is 13.2. The predicted molar refractivity (Wildman–Crippen MR) is 98.8 cm³/mol. The molecule has 1 aliphatic heterocycles. The molecule has 0 unspecified atom stereocenters. The van der Waals surface area contributed by atoms with E-state index in [1.165, 1.54) is 6.42 Å². The van der Waals surface area contributed by atoms with Crippen LogP contribution in [0.1, 0.15) is 31.7 Å². The number of nitrogen functional groups attached to an aromatic ring is 1. The van der Waals surface area contributed by atoms with E-state index in [0.717, 1.165) is 36.3 Å². The lowest BCUT2D eigenvalue weighted by Gasteiger charge is -2.26. The topological polar surface area (TPSA) is 121 Å². The maximum Gasteiger partial charge on any atom is 0.263 e. The SMILES string of the molecule is CCOc1cc(C=Nn2nnnc2N)ccc1OCC(=O)N1CCCCC1. The molecule has 0 bridgehead atoms. The first-order valence-electron chi connectivity index (χ1n) is 8.93. The molecule has 10 heteroatoms. The van der Waals surface area contributed by atoms with Gasteiger partial charge in [0.1, 0.15) is 0 Å². The molecule has 2 heterocycles. The van der Waals surface area contributed by atoms with Gasteiger partial charge in [0.2, 0.25) is 0 Å². The Morgan fingerprint density at radius 1 is 1.26 bits per heavy atom. The third kappa shape index (κ3) is 4.93. The van der Waals surface area contributed by atoms with Crippen LogP contribution in [-0.2, 0) is 4.79 Å². The molecule has 0 radical (unpaired) electrons. The van der Waals surface area contributed by atoms with Gasteiger partial charge in [-0.3, -0.25) is 4.79 Å². The van der Waals surface area contributed by atoms with Crippen LogP contribution >= 0.6 is 0 Å². The summed E-state index contributed by atoms with van der Waals surface area (Å²) < 4.78 is 11.3. The summed E-state index contributed by atoms with van der Waals surface area (Å²) in [7, 11) is 0. The predicted octanol–water partition coefficient (Wildman–Crippen LogP) is 0.927. The number of benzene rings is 1. The smallest absolute Gasteiger partial charge is 0.263 e. The number of nitrogens with two attached hydrogens (primary N) is 1. The van der Waals surface area contributed by atoms with Gasteiger partial charge in [0.05, 0.1) is 12.8 Å². The second-order valence-corrected chi connectivity index (χ2v) is 6.04. The summed E-state index contributed by atoms with van der Waals surface area (Å²) in [4.78, 5) is 15.2. The van der Waals surface area contributed by atoms with E-state index in [2.05, 4.69) is 20.6 Å². The highest BCUT2D eigenvalue weighted by atomic mass is 16.5. The molecule has 1 aromatic carbocycles. The van der Waals surface area contributed by atoms with Crippen LogP contribution < -0.4 is 15.2 Å². The Morgan fingerprint density at radius 2 is 2.07 bits per heavy atom. The average molecular weight is 373 g/mol. The van der Waals surface area contributed by atoms with Crippen molar-refractivity contribution in [3.05, 3.63) is 23.8 Å². The summed E-state index contributed by atoms with van der Waals surface area (Å²) in [5.41, 5.74) is 6.32. The van der Waals surface area contributed by atoms with Crippen LogP contribution in [0.4, 0.5) is 5.95 Å². The Kier molecular flexibility index (Phi) is 6.18. The second kappa shape index (κ2) is 8.97. The van der Waals surface area contributed by atoms with Gasteiger partial charge in [0.15, 0.2) is 18.1 Å². The van der Waals surface area contributed by atoms with Gasteiger partial charge in [-0.2, -0.15) is 5.10 Å². The van der Waals surface area contributed by atoms with Crippen LogP contribution in [-0.4, -0.2) is 63.6 Å². The molecular formula is C17H23N7O3. The van der Waals surface area contributed by atoms with Crippen LogP contribution in [0.3, 0.4) is 0 Å². The minimum atomic E-state index is -0.00529. The first kappa shape index (κ1) is 18.6. The molecular weight excluding hydrogens is 350 g/mol. The summed E-state index contributed by atoms with van der Waals surface area (Å²) >= 11 is 0. The highest BCUT2D eigenvalue weighted by molar-refractivity contribution is 5.81. The number of aromatic nitrogens is 4. The van der Waals surface area contributed by atoms with Gasteiger partial charge in [-0.15, -0.1) is 0 Å². The monoisotopic (exact) mass is 373 g/mol. The maximum atomic E-state index is 12.3. The standard InChI is InChI=1S/C17H23N7O3/c1-2-26-15-10-13(11-19-24-17(18)20-21-22-24)6-7-14(15)27-12-16(25)23-8-4-3-5-9-23/h6-7,10-11H,2-5,8-9,12H2,1H3,(H2,18,20,22). The number of rotatable bonds is 7. The minimum absolute atomic E-state index is 0.00283. The molecule has 1 saturated heterocycles. The van der Waals surface area contributed by atoms with Gasteiger partial charge in [-0.1, -0.05) is 9.89 Å². The highest BCUT2D eigenvalue weighted by Crippen LogP contribution is 2.28. The van der Waals surface area contributed by atoms with E-state index in [1.54, 1.807) is 24.4 Å². The van der Waals surface area contributed by atoms with Crippen LogP contribution in [0.15, 0.2) is 23.3 Å². The van der Waals surface area contributed by atoms with Gasteiger partial charge in [-0.05, 0) is 60.4 Å². The number of tetrazole rings is 1. The van der Waals surface area contributed by atoms with E-state index in [4.69, 9.17) is 15.2 Å². The van der Waals surface area contributed by atoms with Crippen molar-refractivity contribution in [1.29, 1.82) is 0 Å². The molecule has 144 valence electrons. The molecule has 0 spiro atoms. The van der Waals surface area contributed by atoms with Gasteiger partial charge in [0.25, 0.3) is 11.9 Å². The first-order valence-corrected chi connectivity index (χ1v) is 8.93. The summed E-state index contributed by atoms with van der Waals surface area (Å²) in [6.45, 7) is 3.95. The zero-order chi connectivity index (χ0) is 19.1. The third-order valence-electron chi connectivity index (χ3n) is 4.12. The summed E-state index contributed by atoms with van der Waals surface area (Å²) in [6.07, 6.45) is 4.84. The zero-order valence-electron chi connectivity index (χ0n) is 15.2. The summed E-state index contributed by atoms with van der Waals surface area (Å²) in [5, 5.41) is 14.7. The Morgan fingerprint density at radius 3 is 2.78 bits per heavy atom.